The van der Waals surface area contributed by atoms with E-state index in [2.05, 4.69) is 6.92 Å². The molecule has 166 valence electrons. The molecular formula is C27H22O6. The first-order valence-corrected chi connectivity index (χ1v) is 10.9. The number of hydrogen-bond acceptors (Lipinski definition) is 6. The minimum atomic E-state index is -0.702. The number of hydrogen-bond donors (Lipinski definition) is 4. The number of aromatic hydroxyl groups is 4. The van der Waals surface area contributed by atoms with Crippen molar-refractivity contribution in [3.63, 3.8) is 0 Å². The molecule has 33 heavy (non-hydrogen) atoms. The van der Waals surface area contributed by atoms with E-state index in [4.69, 9.17) is 0 Å². The molecule has 0 saturated heterocycles. The van der Waals surface area contributed by atoms with Gasteiger partial charge in [0.25, 0.3) is 0 Å². The van der Waals surface area contributed by atoms with Crippen LogP contribution in [0.4, 0.5) is 0 Å². The van der Waals surface area contributed by atoms with Crippen LogP contribution in [-0.2, 0) is 6.42 Å². The van der Waals surface area contributed by atoms with Gasteiger partial charge in [-0.25, -0.2) is 0 Å². The molecule has 5 rings (SSSR count). The molecule has 0 bridgehead atoms. The zero-order valence-electron chi connectivity index (χ0n) is 18.0. The van der Waals surface area contributed by atoms with Crippen LogP contribution in [-0.4, -0.2) is 32.0 Å². The second-order valence-corrected chi connectivity index (χ2v) is 8.52. The van der Waals surface area contributed by atoms with Gasteiger partial charge in [-0.1, -0.05) is 31.9 Å². The van der Waals surface area contributed by atoms with Crippen molar-refractivity contribution in [3.05, 3.63) is 70.3 Å². The summed E-state index contributed by atoms with van der Waals surface area (Å²) in [6.45, 7) is 2.13. The fourth-order valence-corrected chi connectivity index (χ4v) is 4.80. The lowest BCUT2D eigenvalue weighted by molar-refractivity contribution is 0.0974. The monoisotopic (exact) mass is 442 g/mol. The fourth-order valence-electron chi connectivity index (χ4n) is 4.80. The molecule has 0 aromatic heterocycles. The molecule has 0 amide bonds. The summed E-state index contributed by atoms with van der Waals surface area (Å²) in [6, 6.07) is 10.7. The summed E-state index contributed by atoms with van der Waals surface area (Å²) in [5.74, 6) is -2.52. The Kier molecular flexibility index (Phi) is 4.74. The van der Waals surface area contributed by atoms with Crippen molar-refractivity contribution in [2.24, 2.45) is 0 Å². The zero-order chi connectivity index (χ0) is 23.4. The number of fused-ring (bicyclic) bond motifs is 5. The summed E-state index contributed by atoms with van der Waals surface area (Å²) in [7, 11) is 0. The SMILES string of the molecule is CCCCCc1cc(O)c2c(ccc3c(O)c4c(cc32)C(=O)c2cc(O)cc(O)c2C4=O)c1. The average molecular weight is 442 g/mol. The van der Waals surface area contributed by atoms with E-state index in [-0.39, 0.29) is 39.5 Å². The quantitative estimate of drug-likeness (QED) is 0.221. The predicted molar refractivity (Wildman–Crippen MR) is 125 cm³/mol. The van der Waals surface area contributed by atoms with Crippen LogP contribution in [0.25, 0.3) is 21.5 Å². The minimum Gasteiger partial charge on any atom is -0.508 e. The molecule has 4 N–H and O–H groups in total. The third kappa shape index (κ3) is 3.09. The summed E-state index contributed by atoms with van der Waals surface area (Å²) in [5.41, 5.74) is 0.380. The maximum absolute atomic E-state index is 13.2. The van der Waals surface area contributed by atoms with E-state index >= 15 is 0 Å². The highest BCUT2D eigenvalue weighted by atomic mass is 16.3. The largest absolute Gasteiger partial charge is 0.508 e. The topological polar surface area (TPSA) is 115 Å². The van der Waals surface area contributed by atoms with E-state index in [9.17, 15) is 30.0 Å². The van der Waals surface area contributed by atoms with Crippen molar-refractivity contribution in [1.29, 1.82) is 0 Å². The van der Waals surface area contributed by atoms with Crippen LogP contribution in [0.15, 0.2) is 42.5 Å². The highest BCUT2D eigenvalue weighted by Gasteiger charge is 2.36. The first-order valence-electron chi connectivity index (χ1n) is 10.9. The van der Waals surface area contributed by atoms with Gasteiger partial charge in [-0.15, -0.1) is 0 Å². The van der Waals surface area contributed by atoms with Gasteiger partial charge in [-0.3, -0.25) is 9.59 Å². The fraction of sp³-hybridized carbons (Fsp3) is 0.185. The van der Waals surface area contributed by atoms with Crippen molar-refractivity contribution in [1.82, 2.24) is 0 Å². The highest BCUT2D eigenvalue weighted by molar-refractivity contribution is 6.33. The molecule has 6 nitrogen and oxygen atoms in total. The van der Waals surface area contributed by atoms with Crippen molar-refractivity contribution in [3.8, 4) is 23.0 Å². The van der Waals surface area contributed by atoms with Gasteiger partial charge in [0.1, 0.15) is 23.0 Å². The molecule has 0 saturated carbocycles. The molecule has 0 fully saturated rings. The van der Waals surface area contributed by atoms with Crippen LogP contribution in [0.2, 0.25) is 0 Å². The maximum atomic E-state index is 13.2. The van der Waals surface area contributed by atoms with Crippen LogP contribution in [0.1, 0.15) is 63.6 Å². The molecule has 0 aliphatic heterocycles. The summed E-state index contributed by atoms with van der Waals surface area (Å²) in [5, 5.41) is 43.9. The molecule has 4 aromatic carbocycles. The second kappa shape index (κ2) is 7.52. The van der Waals surface area contributed by atoms with Crippen molar-refractivity contribution in [2.45, 2.75) is 32.6 Å². The number of ketones is 2. The number of carbonyl (C=O) groups is 2. The third-order valence-corrected chi connectivity index (χ3v) is 6.36. The molecule has 6 heteroatoms. The van der Waals surface area contributed by atoms with Crippen LogP contribution in [0.3, 0.4) is 0 Å². The zero-order valence-corrected chi connectivity index (χ0v) is 18.0. The number of phenols is 4. The normalized spacial score (nSPS) is 12.9. The molecule has 0 spiro atoms. The van der Waals surface area contributed by atoms with E-state index in [0.29, 0.717) is 16.2 Å². The van der Waals surface area contributed by atoms with Gasteiger partial charge >= 0.3 is 0 Å². The van der Waals surface area contributed by atoms with Crippen molar-refractivity contribution in [2.75, 3.05) is 0 Å². The van der Waals surface area contributed by atoms with Crippen molar-refractivity contribution < 1.29 is 30.0 Å². The van der Waals surface area contributed by atoms with E-state index in [1.807, 2.05) is 6.07 Å². The second-order valence-electron chi connectivity index (χ2n) is 8.52. The van der Waals surface area contributed by atoms with E-state index in [1.165, 1.54) is 6.07 Å². The van der Waals surface area contributed by atoms with Gasteiger partial charge in [-0.2, -0.15) is 0 Å². The minimum absolute atomic E-state index is 0.0363. The van der Waals surface area contributed by atoms with Gasteiger partial charge in [0, 0.05) is 28.0 Å². The number of unbranched alkanes of at least 4 members (excludes halogenated alkanes) is 2. The molecule has 0 atom stereocenters. The maximum Gasteiger partial charge on any atom is 0.201 e. The predicted octanol–water partition coefficient (Wildman–Crippen LogP) is 5.32. The third-order valence-electron chi connectivity index (χ3n) is 6.36. The first kappa shape index (κ1) is 20.8. The summed E-state index contributed by atoms with van der Waals surface area (Å²) in [6.07, 6.45) is 4.04. The number of aryl methyl sites for hydroxylation is 1. The molecule has 0 heterocycles. The van der Waals surface area contributed by atoms with Gasteiger partial charge in [-0.05, 0) is 53.4 Å². The Morgan fingerprint density at radius 1 is 0.727 bits per heavy atom. The Bertz CT molecular complexity index is 1500. The average Bonchev–Trinajstić information content (AvgIpc) is 2.76. The van der Waals surface area contributed by atoms with Crippen LogP contribution in [0.5, 0.6) is 23.0 Å². The number of rotatable bonds is 4. The van der Waals surface area contributed by atoms with Crippen LogP contribution < -0.4 is 0 Å². The lowest BCUT2D eigenvalue weighted by Crippen LogP contribution is -2.21. The summed E-state index contributed by atoms with van der Waals surface area (Å²) < 4.78 is 0. The van der Waals surface area contributed by atoms with Gasteiger partial charge < -0.3 is 20.4 Å². The molecular weight excluding hydrogens is 420 g/mol. The van der Waals surface area contributed by atoms with Crippen LogP contribution >= 0.6 is 0 Å². The standard InChI is InChI=1S/C27H22O6/c1-2-3-4-5-13-8-14-6-7-16-17(22(14)20(29)9-13)12-19-24(26(16)32)27(33)23-18(25(19)31)10-15(28)11-21(23)30/h6-12,28-30,32H,2-5H2,1H3. The van der Waals surface area contributed by atoms with E-state index in [1.54, 1.807) is 18.2 Å². The number of phenolic OH excluding ortho intramolecular Hbond substituents is 4. The Labute approximate surface area is 189 Å². The molecule has 4 aromatic rings. The smallest absolute Gasteiger partial charge is 0.201 e. The number of benzene rings is 4. The molecule has 1 aliphatic rings. The van der Waals surface area contributed by atoms with E-state index < -0.39 is 17.3 Å². The van der Waals surface area contributed by atoms with Crippen LogP contribution in [0, 0.1) is 0 Å². The highest BCUT2D eigenvalue weighted by Crippen LogP contribution is 2.44. The molecule has 0 radical (unpaired) electrons. The van der Waals surface area contributed by atoms with Crippen molar-refractivity contribution >= 4 is 33.1 Å². The Morgan fingerprint density at radius 3 is 2.24 bits per heavy atom. The van der Waals surface area contributed by atoms with Gasteiger partial charge in [0.15, 0.2) is 5.78 Å². The number of carbonyl (C=O) groups excluding carboxylic acids is 2. The van der Waals surface area contributed by atoms with Gasteiger partial charge in [0.2, 0.25) is 5.78 Å². The summed E-state index contributed by atoms with van der Waals surface area (Å²) >= 11 is 0. The lowest BCUT2D eigenvalue weighted by atomic mass is 9.81. The first-order chi connectivity index (χ1) is 15.8. The Hall–Kier alpha value is -4.06. The van der Waals surface area contributed by atoms with Gasteiger partial charge in [0.05, 0.1) is 11.1 Å². The lowest BCUT2D eigenvalue weighted by Gasteiger charge is -2.21. The van der Waals surface area contributed by atoms with E-state index in [0.717, 1.165) is 48.8 Å². The molecule has 0 unspecified atom stereocenters. The Balaban J connectivity index is 1.76. The molecule has 1 aliphatic carbocycles. The Morgan fingerprint density at radius 2 is 1.48 bits per heavy atom. The summed E-state index contributed by atoms with van der Waals surface area (Å²) in [4.78, 5) is 26.4.